The molecule has 0 aromatic rings. The Morgan fingerprint density at radius 3 is 2.15 bits per heavy atom. The summed E-state index contributed by atoms with van der Waals surface area (Å²) in [6.45, 7) is 8.13. The summed E-state index contributed by atoms with van der Waals surface area (Å²) < 4.78 is 0. The van der Waals surface area contributed by atoms with Crippen molar-refractivity contribution in [3.8, 4) is 0 Å². The first-order chi connectivity index (χ1) is 5.77. The van der Waals surface area contributed by atoms with E-state index in [4.69, 9.17) is 23.2 Å². The van der Waals surface area contributed by atoms with E-state index in [1.165, 1.54) is 0 Å². The zero-order valence-corrected chi connectivity index (χ0v) is 10.4. The first-order valence-electron chi connectivity index (χ1n) is 4.58. The van der Waals surface area contributed by atoms with Gasteiger partial charge in [-0.05, 0) is 40.5 Å². The topological polar surface area (TPSA) is 12.4 Å². The van der Waals surface area contributed by atoms with Crippen molar-refractivity contribution in [1.82, 2.24) is 0 Å². The Bertz CT molecular complexity index is 168. The van der Waals surface area contributed by atoms with Crippen LogP contribution in [0, 0.1) is 0 Å². The number of rotatable bonds is 4. The largest absolute Gasteiger partial charge is 0.290 e. The summed E-state index contributed by atoms with van der Waals surface area (Å²) in [7, 11) is 0. The van der Waals surface area contributed by atoms with Gasteiger partial charge in [-0.2, -0.15) is 0 Å². The number of aliphatic imine (C=N–C) groups is 1. The molecule has 0 bridgehead atoms. The summed E-state index contributed by atoms with van der Waals surface area (Å²) in [4.78, 5) is 4.04. The number of hydrogen-bond donors (Lipinski definition) is 0. The Kier molecular flexibility index (Phi) is 5.31. The van der Waals surface area contributed by atoms with E-state index in [-0.39, 0.29) is 10.4 Å². The number of alkyl halides is 2. The summed E-state index contributed by atoms with van der Waals surface area (Å²) in [6, 6.07) is 0. The van der Waals surface area contributed by atoms with E-state index in [0.29, 0.717) is 5.88 Å². The molecule has 0 aliphatic carbocycles. The van der Waals surface area contributed by atoms with Crippen molar-refractivity contribution in [1.29, 1.82) is 0 Å². The predicted molar refractivity (Wildman–Crippen MR) is 62.5 cm³/mol. The summed E-state index contributed by atoms with van der Waals surface area (Å²) in [5.74, 6) is 0.658. The van der Waals surface area contributed by atoms with Crippen LogP contribution in [-0.4, -0.2) is 22.5 Å². The molecule has 0 fully saturated rings. The van der Waals surface area contributed by atoms with E-state index in [0.717, 1.165) is 12.8 Å². The second-order valence-electron chi connectivity index (χ2n) is 4.50. The fourth-order valence-electron chi connectivity index (χ4n) is 0.805. The van der Waals surface area contributed by atoms with Crippen LogP contribution in [0.1, 0.15) is 40.5 Å². The van der Waals surface area contributed by atoms with Gasteiger partial charge in [-0.15, -0.1) is 23.2 Å². The molecule has 0 heterocycles. The number of hydrogen-bond acceptors (Lipinski definition) is 1. The fourth-order valence-corrected chi connectivity index (χ4v) is 1.12. The maximum absolute atomic E-state index is 6.21. The molecule has 0 amide bonds. The lowest BCUT2D eigenvalue weighted by Crippen LogP contribution is -2.21. The number of nitrogens with zero attached hydrogens (tertiary/aromatic N) is 1. The van der Waals surface area contributed by atoms with Gasteiger partial charge < -0.3 is 0 Å². The van der Waals surface area contributed by atoms with Crippen molar-refractivity contribution in [2.75, 3.05) is 5.88 Å². The molecule has 3 heteroatoms. The van der Waals surface area contributed by atoms with Crippen molar-refractivity contribution in [2.24, 2.45) is 4.99 Å². The van der Waals surface area contributed by atoms with Crippen LogP contribution in [0.25, 0.3) is 0 Å². The van der Waals surface area contributed by atoms with E-state index < -0.39 is 0 Å². The lowest BCUT2D eigenvalue weighted by Gasteiger charge is -2.19. The molecule has 0 N–H and O–H groups in total. The van der Waals surface area contributed by atoms with Gasteiger partial charge in [0.15, 0.2) is 0 Å². The molecule has 13 heavy (non-hydrogen) atoms. The Morgan fingerprint density at radius 1 is 1.23 bits per heavy atom. The quantitative estimate of drug-likeness (QED) is 0.507. The molecule has 1 atom stereocenters. The molecule has 78 valence electrons. The van der Waals surface area contributed by atoms with Crippen LogP contribution in [0.2, 0.25) is 0 Å². The Balaban J connectivity index is 4.08. The summed E-state index contributed by atoms with van der Waals surface area (Å²) in [6.07, 6.45) is 3.64. The minimum atomic E-state index is -0.345. The smallest absolute Gasteiger partial charge is 0.0765 e. The van der Waals surface area contributed by atoms with Crippen LogP contribution in [-0.2, 0) is 0 Å². The molecule has 0 aromatic heterocycles. The zero-order chi connectivity index (χ0) is 10.5. The van der Waals surface area contributed by atoms with Crippen LogP contribution in [0.5, 0.6) is 0 Å². The summed E-state index contributed by atoms with van der Waals surface area (Å²) in [5.41, 5.74) is -0.0445. The molecule has 0 saturated heterocycles. The average Bonchev–Trinajstić information content (AvgIpc) is 1.97. The van der Waals surface area contributed by atoms with Gasteiger partial charge in [0.1, 0.15) is 0 Å². The lowest BCUT2D eigenvalue weighted by molar-refractivity contribution is 0.578. The zero-order valence-electron chi connectivity index (χ0n) is 8.90. The molecule has 0 aliphatic rings. The average molecular weight is 224 g/mol. The molecule has 0 aliphatic heterocycles. The predicted octanol–water partition coefficient (Wildman–Crippen LogP) is 3.87. The van der Waals surface area contributed by atoms with E-state index in [9.17, 15) is 0 Å². The molecule has 0 spiro atoms. The third-order valence-electron chi connectivity index (χ3n) is 1.52. The van der Waals surface area contributed by atoms with Crippen LogP contribution < -0.4 is 0 Å². The van der Waals surface area contributed by atoms with Crippen molar-refractivity contribution < 1.29 is 0 Å². The number of halogens is 2. The highest BCUT2D eigenvalue weighted by Gasteiger charge is 2.18. The first kappa shape index (κ1) is 13.2. The molecular weight excluding hydrogens is 205 g/mol. The summed E-state index contributed by atoms with van der Waals surface area (Å²) >= 11 is 11.8. The van der Waals surface area contributed by atoms with Crippen molar-refractivity contribution in [3.63, 3.8) is 0 Å². The monoisotopic (exact) mass is 223 g/mol. The minimum Gasteiger partial charge on any atom is -0.290 e. The maximum Gasteiger partial charge on any atom is 0.0765 e. The fraction of sp³-hybridized carbons (Fsp3) is 0.900. The Morgan fingerprint density at radius 2 is 1.77 bits per heavy atom. The third kappa shape index (κ3) is 8.58. The second kappa shape index (κ2) is 5.21. The molecule has 1 unspecified atom stereocenters. The standard InChI is InChI=1S/C10H19Cl2N/c1-9(2,3)13-8-10(4,12)6-5-7-11/h8H,5-7H2,1-4H3. The van der Waals surface area contributed by atoms with Crippen LogP contribution in [0.15, 0.2) is 4.99 Å². The maximum atomic E-state index is 6.21. The van der Waals surface area contributed by atoms with Gasteiger partial charge in [0, 0.05) is 12.1 Å². The first-order valence-corrected chi connectivity index (χ1v) is 5.49. The molecule has 0 saturated carbocycles. The minimum absolute atomic E-state index is 0.0445. The highest BCUT2D eigenvalue weighted by Crippen LogP contribution is 2.20. The van der Waals surface area contributed by atoms with Gasteiger partial charge in [-0.1, -0.05) is 0 Å². The highest BCUT2D eigenvalue weighted by molar-refractivity contribution is 6.31. The Labute approximate surface area is 91.5 Å². The molecule has 0 radical (unpaired) electrons. The molecule has 1 nitrogen and oxygen atoms in total. The van der Waals surface area contributed by atoms with Gasteiger partial charge >= 0.3 is 0 Å². The van der Waals surface area contributed by atoms with Crippen LogP contribution in [0.4, 0.5) is 0 Å². The molecule has 0 rings (SSSR count). The van der Waals surface area contributed by atoms with Crippen molar-refractivity contribution in [3.05, 3.63) is 0 Å². The Hall–Kier alpha value is 0.250. The van der Waals surface area contributed by atoms with Gasteiger partial charge in [0.25, 0.3) is 0 Å². The molecule has 0 aromatic carbocycles. The van der Waals surface area contributed by atoms with Gasteiger partial charge in [-0.25, -0.2) is 0 Å². The lowest BCUT2D eigenvalue weighted by atomic mass is 10.1. The highest BCUT2D eigenvalue weighted by atomic mass is 35.5. The van der Waals surface area contributed by atoms with E-state index >= 15 is 0 Å². The molecular formula is C10H19Cl2N. The third-order valence-corrected chi connectivity index (χ3v) is 2.07. The van der Waals surface area contributed by atoms with Crippen molar-refractivity contribution >= 4 is 29.4 Å². The van der Waals surface area contributed by atoms with E-state index in [1.807, 2.05) is 13.1 Å². The van der Waals surface area contributed by atoms with Gasteiger partial charge in [-0.3, -0.25) is 4.99 Å². The van der Waals surface area contributed by atoms with Gasteiger partial charge in [0.05, 0.1) is 10.4 Å². The SMILES string of the molecule is CC(Cl)(C=NC(C)(C)C)CCCCl. The van der Waals surface area contributed by atoms with Crippen molar-refractivity contribution in [2.45, 2.75) is 50.9 Å². The van der Waals surface area contributed by atoms with Gasteiger partial charge in [0.2, 0.25) is 0 Å². The summed E-state index contributed by atoms with van der Waals surface area (Å²) in [5, 5.41) is 0. The van der Waals surface area contributed by atoms with Crippen LogP contribution in [0.3, 0.4) is 0 Å². The van der Waals surface area contributed by atoms with E-state index in [2.05, 4.69) is 25.8 Å². The van der Waals surface area contributed by atoms with Crippen LogP contribution >= 0.6 is 23.2 Å². The van der Waals surface area contributed by atoms with E-state index in [1.54, 1.807) is 0 Å². The second-order valence-corrected chi connectivity index (χ2v) is 5.74. The normalized spacial score (nSPS) is 17.7.